The highest BCUT2D eigenvalue weighted by Gasteiger charge is 2.31. The minimum atomic E-state index is -1.47. The molecule has 0 aliphatic rings. The first-order chi connectivity index (χ1) is 20.8. The van der Waals surface area contributed by atoms with Gasteiger partial charge in [0.1, 0.15) is 23.9 Å². The lowest BCUT2D eigenvalue weighted by molar-refractivity contribution is -0.143. The smallest absolute Gasteiger partial charge is 0.326 e. The fourth-order valence-corrected chi connectivity index (χ4v) is 4.76. The van der Waals surface area contributed by atoms with Gasteiger partial charge >= 0.3 is 11.9 Å². The Bertz CT molecular complexity index is 1470. The molecule has 3 rings (SSSR count). The predicted octanol–water partition coefficient (Wildman–Crippen LogP) is 1.44. The number of amides is 3. The van der Waals surface area contributed by atoms with Gasteiger partial charge in [0, 0.05) is 29.9 Å². The quantitative estimate of drug-likeness (QED) is 0.117. The molecule has 13 heteroatoms. The van der Waals surface area contributed by atoms with Crippen LogP contribution >= 0.6 is 0 Å². The van der Waals surface area contributed by atoms with Crippen molar-refractivity contribution in [3.8, 4) is 5.75 Å². The number of aromatic nitrogens is 1. The minimum Gasteiger partial charge on any atom is -0.508 e. The molecule has 2 aromatic carbocycles. The Morgan fingerprint density at radius 1 is 0.818 bits per heavy atom. The van der Waals surface area contributed by atoms with Gasteiger partial charge in [-0.05, 0) is 54.5 Å². The van der Waals surface area contributed by atoms with Crippen LogP contribution in [0.5, 0.6) is 5.75 Å². The second-order valence-corrected chi connectivity index (χ2v) is 11.1. The molecule has 0 aliphatic carbocycles. The van der Waals surface area contributed by atoms with Crippen molar-refractivity contribution in [2.24, 2.45) is 11.7 Å². The summed E-state index contributed by atoms with van der Waals surface area (Å²) in [5.41, 5.74) is 8.58. The number of hydrogen-bond acceptors (Lipinski definition) is 7. The monoisotopic (exact) mass is 609 g/mol. The number of H-pyrrole nitrogens is 1. The summed E-state index contributed by atoms with van der Waals surface area (Å²) in [6.07, 6.45) is 1.29. The fourth-order valence-electron chi connectivity index (χ4n) is 4.76. The zero-order valence-electron chi connectivity index (χ0n) is 24.6. The van der Waals surface area contributed by atoms with Gasteiger partial charge in [0.05, 0.1) is 6.04 Å². The zero-order chi connectivity index (χ0) is 32.4. The highest BCUT2D eigenvalue weighted by Crippen LogP contribution is 2.19. The molecule has 1 heterocycles. The lowest BCUT2D eigenvalue weighted by atomic mass is 9.99. The van der Waals surface area contributed by atoms with E-state index in [0.717, 1.165) is 16.5 Å². The topological polar surface area (TPSA) is 224 Å². The average molecular weight is 610 g/mol. The van der Waals surface area contributed by atoms with E-state index >= 15 is 0 Å². The summed E-state index contributed by atoms with van der Waals surface area (Å²) in [6.45, 7) is 3.62. The molecule has 44 heavy (non-hydrogen) atoms. The molecular weight excluding hydrogens is 570 g/mol. The van der Waals surface area contributed by atoms with Crippen LogP contribution in [0.4, 0.5) is 0 Å². The van der Waals surface area contributed by atoms with Gasteiger partial charge < -0.3 is 42.0 Å². The molecule has 9 N–H and O–H groups in total. The maximum absolute atomic E-state index is 13.6. The number of benzene rings is 2. The molecule has 4 atom stereocenters. The number of fused-ring (bicyclic) bond motifs is 1. The van der Waals surface area contributed by atoms with E-state index < -0.39 is 60.2 Å². The first-order valence-corrected chi connectivity index (χ1v) is 14.3. The van der Waals surface area contributed by atoms with Crippen molar-refractivity contribution < 1.29 is 39.3 Å². The Labute approximate surface area is 254 Å². The maximum atomic E-state index is 13.6. The number of aromatic amines is 1. The summed E-state index contributed by atoms with van der Waals surface area (Å²) < 4.78 is 0. The molecule has 3 aromatic rings. The summed E-state index contributed by atoms with van der Waals surface area (Å²) in [5, 5.41) is 36.6. The second kappa shape index (κ2) is 15.5. The molecule has 13 nitrogen and oxygen atoms in total. The van der Waals surface area contributed by atoms with Gasteiger partial charge in [-0.2, -0.15) is 0 Å². The molecule has 0 spiro atoms. The molecule has 1 aromatic heterocycles. The molecule has 0 aliphatic heterocycles. The highest BCUT2D eigenvalue weighted by molar-refractivity contribution is 5.94. The molecule has 236 valence electrons. The fraction of sp³-hybridized carbons (Fsp3) is 0.387. The third-order valence-electron chi connectivity index (χ3n) is 7.06. The molecule has 0 bridgehead atoms. The van der Waals surface area contributed by atoms with Crippen LogP contribution < -0.4 is 21.7 Å². The lowest BCUT2D eigenvalue weighted by Gasteiger charge is -2.26. The number of aliphatic carboxylic acids is 2. The first-order valence-electron chi connectivity index (χ1n) is 14.3. The van der Waals surface area contributed by atoms with Gasteiger partial charge in [0.15, 0.2) is 0 Å². The van der Waals surface area contributed by atoms with Crippen molar-refractivity contribution in [3.05, 3.63) is 65.9 Å². The number of carbonyl (C=O) groups is 5. The van der Waals surface area contributed by atoms with Crippen LogP contribution in [0.3, 0.4) is 0 Å². The summed E-state index contributed by atoms with van der Waals surface area (Å²) in [6, 6.07) is 8.78. The van der Waals surface area contributed by atoms with Gasteiger partial charge in [-0.3, -0.25) is 19.2 Å². The Balaban J connectivity index is 1.78. The van der Waals surface area contributed by atoms with E-state index in [0.29, 0.717) is 5.56 Å². The van der Waals surface area contributed by atoms with Gasteiger partial charge in [-0.1, -0.05) is 44.2 Å². The van der Waals surface area contributed by atoms with E-state index in [4.69, 9.17) is 10.8 Å². The van der Waals surface area contributed by atoms with Gasteiger partial charge in [0.25, 0.3) is 0 Å². The summed E-state index contributed by atoms with van der Waals surface area (Å²) in [4.78, 5) is 65.7. The number of nitrogens with two attached hydrogens (primary N) is 1. The summed E-state index contributed by atoms with van der Waals surface area (Å²) >= 11 is 0. The van der Waals surface area contributed by atoms with Crippen molar-refractivity contribution in [3.63, 3.8) is 0 Å². The molecule has 0 saturated heterocycles. The van der Waals surface area contributed by atoms with E-state index in [1.165, 1.54) is 12.1 Å². The Kier molecular flexibility index (Phi) is 11.9. The van der Waals surface area contributed by atoms with Gasteiger partial charge in [-0.25, -0.2) is 4.79 Å². The SMILES string of the molecule is CC(C)CC(NC(=O)C(Cc1ccc(O)cc1)NC(=O)C(N)Cc1c[nH]c2ccccc12)C(=O)NC(CCC(=O)O)C(=O)O. The van der Waals surface area contributed by atoms with Crippen LogP contribution in [-0.4, -0.2) is 74.1 Å². The van der Waals surface area contributed by atoms with Crippen molar-refractivity contribution >= 4 is 40.6 Å². The predicted molar refractivity (Wildman–Crippen MR) is 162 cm³/mol. The normalized spacial score (nSPS) is 13.9. The number of rotatable bonds is 16. The molecule has 0 radical (unpaired) electrons. The average Bonchev–Trinajstić information content (AvgIpc) is 3.37. The lowest BCUT2D eigenvalue weighted by Crippen LogP contribution is -2.58. The minimum absolute atomic E-state index is 0.00401. The van der Waals surface area contributed by atoms with E-state index in [2.05, 4.69) is 20.9 Å². The summed E-state index contributed by atoms with van der Waals surface area (Å²) in [7, 11) is 0. The van der Waals surface area contributed by atoms with Crippen LogP contribution in [0.25, 0.3) is 10.9 Å². The molecule has 0 saturated carbocycles. The Hall–Kier alpha value is -4.91. The zero-order valence-corrected chi connectivity index (χ0v) is 24.6. The number of phenolic OH excluding ortho intramolecular Hbond substituents is 1. The molecular formula is C31H39N5O8. The molecule has 4 unspecified atom stereocenters. The maximum Gasteiger partial charge on any atom is 0.326 e. The Morgan fingerprint density at radius 3 is 2.07 bits per heavy atom. The van der Waals surface area contributed by atoms with E-state index in [-0.39, 0.29) is 37.4 Å². The van der Waals surface area contributed by atoms with Crippen molar-refractivity contribution in [2.45, 2.75) is 70.1 Å². The van der Waals surface area contributed by atoms with Crippen LogP contribution in [0.2, 0.25) is 0 Å². The van der Waals surface area contributed by atoms with Crippen LogP contribution in [0.1, 0.15) is 44.2 Å². The molecule has 0 fully saturated rings. The number of para-hydroxylation sites is 1. The third-order valence-corrected chi connectivity index (χ3v) is 7.06. The molecule has 3 amide bonds. The van der Waals surface area contributed by atoms with Crippen LogP contribution in [-0.2, 0) is 36.8 Å². The van der Waals surface area contributed by atoms with Crippen LogP contribution in [0, 0.1) is 5.92 Å². The number of aromatic hydroxyl groups is 1. The van der Waals surface area contributed by atoms with Crippen molar-refractivity contribution in [1.29, 1.82) is 0 Å². The number of hydrogen-bond donors (Lipinski definition) is 8. The van der Waals surface area contributed by atoms with Crippen molar-refractivity contribution in [1.82, 2.24) is 20.9 Å². The number of carbonyl (C=O) groups excluding carboxylic acids is 3. The van der Waals surface area contributed by atoms with E-state index in [1.807, 2.05) is 38.1 Å². The second-order valence-electron chi connectivity index (χ2n) is 11.1. The number of nitrogens with one attached hydrogen (secondary N) is 4. The van der Waals surface area contributed by atoms with Crippen molar-refractivity contribution in [2.75, 3.05) is 0 Å². The van der Waals surface area contributed by atoms with Gasteiger partial charge in [-0.15, -0.1) is 0 Å². The van der Waals surface area contributed by atoms with Crippen LogP contribution in [0.15, 0.2) is 54.7 Å². The number of carboxylic acids is 2. The number of carboxylic acid groups (broad SMARTS) is 2. The Morgan fingerprint density at radius 2 is 1.43 bits per heavy atom. The number of phenols is 1. The third kappa shape index (κ3) is 9.83. The largest absolute Gasteiger partial charge is 0.508 e. The first kappa shape index (κ1) is 33.6. The summed E-state index contributed by atoms with van der Waals surface area (Å²) in [5.74, 6) is -4.80. The van der Waals surface area contributed by atoms with Gasteiger partial charge in [0.2, 0.25) is 17.7 Å². The highest BCUT2D eigenvalue weighted by atomic mass is 16.4. The van der Waals surface area contributed by atoms with E-state index in [9.17, 15) is 34.2 Å². The standard InChI is InChI=1S/C31H39N5O8/c1-17(2)13-25(29(41)34-24(31(43)44)11-12-27(38)39)36-30(42)26(14-18-7-9-20(37)10-8-18)35-28(40)22(32)15-19-16-33-23-6-4-3-5-21(19)23/h3-10,16-17,22,24-26,33,37H,11-15,32H2,1-2H3,(H,34,41)(H,35,40)(H,36,42)(H,38,39)(H,43,44). The van der Waals surface area contributed by atoms with E-state index in [1.54, 1.807) is 18.3 Å².